The summed E-state index contributed by atoms with van der Waals surface area (Å²) in [4.78, 5) is 12.1. The third kappa shape index (κ3) is 3.72. The van der Waals surface area contributed by atoms with Crippen molar-refractivity contribution in [2.75, 3.05) is 26.2 Å². The largest absolute Gasteiger partial charge is 0.357 e. The third-order valence-corrected chi connectivity index (χ3v) is 2.55. The molecule has 0 bridgehead atoms. The van der Waals surface area contributed by atoms with Crippen LogP contribution in [0.1, 0.15) is 19.8 Å². The van der Waals surface area contributed by atoms with E-state index >= 15 is 0 Å². The number of hydrogen-bond donors (Lipinski definition) is 1. The highest BCUT2D eigenvalue weighted by molar-refractivity contribution is 5.45. The number of halogens is 1. The predicted octanol–water partition coefficient (Wildman–Crippen LogP) is 0.556. The average molecular weight is 188 g/mol. The minimum atomic E-state index is -0.978. The van der Waals surface area contributed by atoms with Crippen LogP contribution >= 0.6 is 0 Å². The van der Waals surface area contributed by atoms with Gasteiger partial charge in [-0.25, -0.2) is 4.39 Å². The van der Waals surface area contributed by atoms with E-state index in [0.717, 1.165) is 19.6 Å². The third-order valence-electron chi connectivity index (χ3n) is 2.55. The molecule has 1 aliphatic heterocycles. The molecule has 76 valence electrons. The predicted molar refractivity (Wildman–Crippen MR) is 49.3 cm³/mol. The molecule has 0 unspecified atom stereocenters. The minimum absolute atomic E-state index is 0.605. The van der Waals surface area contributed by atoms with Crippen LogP contribution in [0.3, 0.4) is 0 Å². The number of alkyl halides is 1. The Labute approximate surface area is 78.3 Å². The summed E-state index contributed by atoms with van der Waals surface area (Å²) >= 11 is 0. The Morgan fingerprint density at radius 1 is 1.54 bits per heavy atom. The standard InChI is InChI=1S/C9H17FN2O/c1-9(10)2-5-12(6-3-9)7-4-11-8-13/h8H,2-7H2,1H3,(H,11,13). The van der Waals surface area contributed by atoms with Crippen LogP contribution in [0.5, 0.6) is 0 Å². The number of hydrogen-bond acceptors (Lipinski definition) is 2. The van der Waals surface area contributed by atoms with E-state index in [4.69, 9.17) is 0 Å². The first-order valence-electron chi connectivity index (χ1n) is 4.72. The average Bonchev–Trinajstić information content (AvgIpc) is 2.08. The van der Waals surface area contributed by atoms with Crippen LogP contribution in [0, 0.1) is 0 Å². The number of nitrogens with zero attached hydrogens (tertiary/aromatic N) is 1. The molecule has 1 amide bonds. The quantitative estimate of drug-likeness (QED) is 0.516. The van der Waals surface area contributed by atoms with Crippen molar-refractivity contribution in [2.24, 2.45) is 0 Å². The maximum Gasteiger partial charge on any atom is 0.207 e. The van der Waals surface area contributed by atoms with Crippen LogP contribution in [0.2, 0.25) is 0 Å². The van der Waals surface area contributed by atoms with E-state index in [1.54, 1.807) is 6.92 Å². The normalized spacial score (nSPS) is 22.6. The lowest BCUT2D eigenvalue weighted by molar-refractivity contribution is -0.109. The molecule has 1 heterocycles. The molecule has 0 aromatic heterocycles. The number of carbonyl (C=O) groups is 1. The maximum atomic E-state index is 13.3. The highest BCUT2D eigenvalue weighted by atomic mass is 19.1. The fraction of sp³-hybridized carbons (Fsp3) is 0.889. The number of rotatable bonds is 4. The second kappa shape index (κ2) is 4.56. The van der Waals surface area contributed by atoms with Gasteiger partial charge in [-0.3, -0.25) is 4.79 Å². The van der Waals surface area contributed by atoms with Gasteiger partial charge < -0.3 is 10.2 Å². The van der Waals surface area contributed by atoms with Gasteiger partial charge in [0, 0.05) is 26.2 Å². The van der Waals surface area contributed by atoms with Gasteiger partial charge >= 0.3 is 0 Å². The van der Waals surface area contributed by atoms with E-state index in [1.807, 2.05) is 0 Å². The summed E-state index contributed by atoms with van der Waals surface area (Å²) in [5, 5.41) is 2.60. The molecule has 3 nitrogen and oxygen atoms in total. The molecule has 0 aliphatic carbocycles. The van der Waals surface area contributed by atoms with Crippen molar-refractivity contribution in [3.05, 3.63) is 0 Å². The molecule has 0 spiro atoms. The van der Waals surface area contributed by atoms with Crippen LogP contribution in [0.25, 0.3) is 0 Å². The summed E-state index contributed by atoms with van der Waals surface area (Å²) in [6.07, 6.45) is 1.91. The SMILES string of the molecule is CC1(F)CCN(CCNC=O)CC1. The maximum absolute atomic E-state index is 13.3. The van der Waals surface area contributed by atoms with Crippen LogP contribution in [0.4, 0.5) is 4.39 Å². The van der Waals surface area contributed by atoms with Crippen molar-refractivity contribution >= 4 is 6.41 Å². The van der Waals surface area contributed by atoms with E-state index in [1.165, 1.54) is 0 Å². The molecular formula is C9H17FN2O. The Bertz CT molecular complexity index is 163. The monoisotopic (exact) mass is 188 g/mol. The molecule has 0 radical (unpaired) electrons. The Balaban J connectivity index is 2.14. The molecule has 1 aliphatic rings. The molecule has 0 aromatic carbocycles. The van der Waals surface area contributed by atoms with Crippen molar-refractivity contribution in [1.29, 1.82) is 0 Å². The van der Waals surface area contributed by atoms with Crippen molar-refractivity contribution in [3.8, 4) is 0 Å². The molecule has 4 heteroatoms. The van der Waals surface area contributed by atoms with Gasteiger partial charge in [-0.1, -0.05) is 0 Å². The lowest BCUT2D eigenvalue weighted by Crippen LogP contribution is -2.42. The summed E-state index contributed by atoms with van der Waals surface area (Å²) in [5.41, 5.74) is -0.978. The van der Waals surface area contributed by atoms with Crippen molar-refractivity contribution in [1.82, 2.24) is 10.2 Å². The van der Waals surface area contributed by atoms with Gasteiger partial charge in [0.05, 0.1) is 0 Å². The zero-order valence-electron chi connectivity index (χ0n) is 8.05. The lowest BCUT2D eigenvalue weighted by atomic mass is 9.96. The molecule has 1 N–H and O–H groups in total. The van der Waals surface area contributed by atoms with E-state index in [-0.39, 0.29) is 0 Å². The number of likely N-dealkylation sites (tertiary alicyclic amines) is 1. The lowest BCUT2D eigenvalue weighted by Gasteiger charge is -2.33. The van der Waals surface area contributed by atoms with Gasteiger partial charge in [-0.15, -0.1) is 0 Å². The first-order valence-corrected chi connectivity index (χ1v) is 4.72. The Morgan fingerprint density at radius 3 is 2.69 bits per heavy atom. The molecule has 1 rings (SSSR count). The van der Waals surface area contributed by atoms with E-state index in [0.29, 0.717) is 25.8 Å². The molecule has 1 fully saturated rings. The van der Waals surface area contributed by atoms with Crippen LogP contribution in [-0.2, 0) is 4.79 Å². The van der Waals surface area contributed by atoms with Crippen molar-refractivity contribution in [2.45, 2.75) is 25.4 Å². The van der Waals surface area contributed by atoms with E-state index in [2.05, 4.69) is 10.2 Å². The highest BCUT2D eigenvalue weighted by Gasteiger charge is 2.28. The van der Waals surface area contributed by atoms with Crippen molar-refractivity contribution in [3.63, 3.8) is 0 Å². The topological polar surface area (TPSA) is 32.3 Å². The van der Waals surface area contributed by atoms with Gasteiger partial charge in [0.1, 0.15) is 5.67 Å². The van der Waals surface area contributed by atoms with Gasteiger partial charge in [0.2, 0.25) is 6.41 Å². The van der Waals surface area contributed by atoms with Gasteiger partial charge in [-0.05, 0) is 19.8 Å². The summed E-state index contributed by atoms with van der Waals surface area (Å²) < 4.78 is 13.3. The van der Waals surface area contributed by atoms with Crippen LogP contribution < -0.4 is 5.32 Å². The Morgan fingerprint density at radius 2 is 2.15 bits per heavy atom. The molecule has 13 heavy (non-hydrogen) atoms. The molecule has 0 saturated carbocycles. The second-order valence-electron chi connectivity index (χ2n) is 3.83. The van der Waals surface area contributed by atoms with E-state index in [9.17, 15) is 9.18 Å². The highest BCUT2D eigenvalue weighted by Crippen LogP contribution is 2.24. The minimum Gasteiger partial charge on any atom is -0.357 e. The fourth-order valence-electron chi connectivity index (χ4n) is 1.52. The van der Waals surface area contributed by atoms with Crippen LogP contribution in [0.15, 0.2) is 0 Å². The zero-order chi connectivity index (χ0) is 9.73. The number of nitrogens with one attached hydrogen (secondary N) is 1. The number of carbonyl (C=O) groups excluding carboxylic acids is 1. The smallest absolute Gasteiger partial charge is 0.207 e. The number of piperidine rings is 1. The fourth-order valence-corrected chi connectivity index (χ4v) is 1.52. The Kier molecular flexibility index (Phi) is 3.66. The molecule has 0 atom stereocenters. The first-order chi connectivity index (χ1) is 6.14. The molecule has 1 saturated heterocycles. The van der Waals surface area contributed by atoms with Crippen molar-refractivity contribution < 1.29 is 9.18 Å². The first kappa shape index (κ1) is 10.4. The van der Waals surface area contributed by atoms with Gasteiger partial charge in [0.15, 0.2) is 0 Å². The summed E-state index contributed by atoms with van der Waals surface area (Å²) in [6.45, 7) is 4.75. The molecular weight excluding hydrogens is 171 g/mol. The second-order valence-corrected chi connectivity index (χ2v) is 3.83. The van der Waals surface area contributed by atoms with Gasteiger partial charge in [0.25, 0.3) is 0 Å². The number of amides is 1. The summed E-state index contributed by atoms with van der Waals surface area (Å²) in [6, 6.07) is 0. The zero-order valence-corrected chi connectivity index (χ0v) is 8.05. The van der Waals surface area contributed by atoms with Crippen LogP contribution in [-0.4, -0.2) is 43.2 Å². The summed E-state index contributed by atoms with van der Waals surface area (Å²) in [7, 11) is 0. The summed E-state index contributed by atoms with van der Waals surface area (Å²) in [5.74, 6) is 0. The molecule has 0 aromatic rings. The Hall–Kier alpha value is -0.640. The van der Waals surface area contributed by atoms with Gasteiger partial charge in [-0.2, -0.15) is 0 Å². The van der Waals surface area contributed by atoms with E-state index < -0.39 is 5.67 Å².